The summed E-state index contributed by atoms with van der Waals surface area (Å²) in [5, 5.41) is 8.80. The summed E-state index contributed by atoms with van der Waals surface area (Å²) in [7, 11) is 0. The molecule has 0 saturated carbocycles. The SMILES string of the molecule is CCNC(CC1=CCCCC1)c1c(Cl)cnn1C(C)C. The molecule has 0 aromatic carbocycles. The molecular weight excluding hydrogens is 270 g/mol. The second-order valence-electron chi connectivity index (χ2n) is 5.84. The zero-order valence-corrected chi connectivity index (χ0v) is 13.6. The molecular formula is C16H26ClN3. The minimum Gasteiger partial charge on any atom is -0.309 e. The van der Waals surface area contributed by atoms with E-state index in [2.05, 4.69) is 41.9 Å². The van der Waals surface area contributed by atoms with Crippen LogP contribution in [0.15, 0.2) is 17.8 Å². The first-order valence-electron chi connectivity index (χ1n) is 7.77. The molecule has 0 radical (unpaired) electrons. The van der Waals surface area contributed by atoms with E-state index in [0.29, 0.717) is 6.04 Å². The summed E-state index contributed by atoms with van der Waals surface area (Å²) in [6.45, 7) is 7.38. The molecule has 2 rings (SSSR count). The molecule has 1 aromatic rings. The average Bonchev–Trinajstić information content (AvgIpc) is 2.81. The Kier molecular flexibility index (Phi) is 5.67. The van der Waals surface area contributed by atoms with E-state index in [1.54, 1.807) is 11.8 Å². The molecule has 0 bridgehead atoms. The zero-order valence-electron chi connectivity index (χ0n) is 12.8. The summed E-state index contributed by atoms with van der Waals surface area (Å²) in [6, 6.07) is 0.598. The zero-order chi connectivity index (χ0) is 14.5. The number of allylic oxidation sites excluding steroid dienone is 1. The van der Waals surface area contributed by atoms with Crippen molar-refractivity contribution in [2.45, 2.75) is 65.0 Å². The lowest BCUT2D eigenvalue weighted by Crippen LogP contribution is -2.25. The van der Waals surface area contributed by atoms with Crippen molar-refractivity contribution < 1.29 is 0 Å². The van der Waals surface area contributed by atoms with Gasteiger partial charge in [-0.3, -0.25) is 4.68 Å². The van der Waals surface area contributed by atoms with E-state index in [1.807, 2.05) is 0 Å². The molecule has 1 unspecified atom stereocenters. The molecule has 0 amide bonds. The predicted octanol–water partition coefficient (Wildman–Crippen LogP) is 4.66. The van der Waals surface area contributed by atoms with Crippen molar-refractivity contribution in [1.29, 1.82) is 0 Å². The van der Waals surface area contributed by atoms with Crippen LogP contribution in [0.2, 0.25) is 5.02 Å². The van der Waals surface area contributed by atoms with E-state index in [4.69, 9.17) is 11.6 Å². The molecule has 3 nitrogen and oxygen atoms in total. The van der Waals surface area contributed by atoms with Gasteiger partial charge in [0, 0.05) is 6.04 Å². The summed E-state index contributed by atoms with van der Waals surface area (Å²) in [5.41, 5.74) is 2.70. The quantitative estimate of drug-likeness (QED) is 0.774. The Morgan fingerprint density at radius 2 is 2.20 bits per heavy atom. The van der Waals surface area contributed by atoms with Crippen LogP contribution < -0.4 is 5.32 Å². The summed E-state index contributed by atoms with van der Waals surface area (Å²) in [5.74, 6) is 0. The third-order valence-corrected chi connectivity index (χ3v) is 4.20. The highest BCUT2D eigenvalue weighted by Crippen LogP contribution is 2.32. The molecule has 0 fully saturated rings. The van der Waals surface area contributed by atoms with Crippen molar-refractivity contribution in [3.05, 3.63) is 28.6 Å². The second kappa shape index (κ2) is 7.28. The topological polar surface area (TPSA) is 29.9 Å². The number of hydrogen-bond donors (Lipinski definition) is 1. The van der Waals surface area contributed by atoms with Gasteiger partial charge in [0.1, 0.15) is 0 Å². The normalized spacial score (nSPS) is 17.4. The molecule has 20 heavy (non-hydrogen) atoms. The van der Waals surface area contributed by atoms with Gasteiger partial charge >= 0.3 is 0 Å². The fourth-order valence-electron chi connectivity index (χ4n) is 2.95. The largest absolute Gasteiger partial charge is 0.309 e. The number of halogens is 1. The molecule has 1 N–H and O–H groups in total. The van der Waals surface area contributed by atoms with Crippen molar-refractivity contribution >= 4 is 11.6 Å². The van der Waals surface area contributed by atoms with Crippen molar-refractivity contribution in [3.63, 3.8) is 0 Å². The van der Waals surface area contributed by atoms with Gasteiger partial charge in [-0.2, -0.15) is 5.10 Å². The third kappa shape index (κ3) is 3.64. The Hall–Kier alpha value is -0.800. The third-order valence-electron chi connectivity index (χ3n) is 3.91. The van der Waals surface area contributed by atoms with Crippen molar-refractivity contribution in [2.75, 3.05) is 6.54 Å². The van der Waals surface area contributed by atoms with Crippen LogP contribution in [-0.2, 0) is 0 Å². The van der Waals surface area contributed by atoms with Crippen molar-refractivity contribution in [1.82, 2.24) is 15.1 Å². The lowest BCUT2D eigenvalue weighted by Gasteiger charge is -2.24. The van der Waals surface area contributed by atoms with Crippen LogP contribution in [0.3, 0.4) is 0 Å². The molecule has 1 atom stereocenters. The molecule has 1 aliphatic carbocycles. The van der Waals surface area contributed by atoms with Gasteiger partial charge in [0.15, 0.2) is 0 Å². The lowest BCUT2D eigenvalue weighted by atomic mass is 9.93. The number of rotatable bonds is 6. The number of hydrogen-bond acceptors (Lipinski definition) is 2. The fraction of sp³-hybridized carbons (Fsp3) is 0.688. The highest BCUT2D eigenvalue weighted by molar-refractivity contribution is 6.31. The van der Waals surface area contributed by atoms with Crippen LogP contribution in [0.5, 0.6) is 0 Å². The van der Waals surface area contributed by atoms with Gasteiger partial charge < -0.3 is 5.32 Å². The van der Waals surface area contributed by atoms with Gasteiger partial charge in [0.05, 0.1) is 23.0 Å². The van der Waals surface area contributed by atoms with Crippen molar-refractivity contribution in [3.8, 4) is 0 Å². The Morgan fingerprint density at radius 1 is 1.40 bits per heavy atom. The fourth-order valence-corrected chi connectivity index (χ4v) is 3.21. The Balaban J connectivity index is 2.23. The van der Waals surface area contributed by atoms with E-state index < -0.39 is 0 Å². The molecule has 1 aromatic heterocycles. The summed E-state index contributed by atoms with van der Waals surface area (Å²) in [4.78, 5) is 0. The Bertz CT molecular complexity index is 462. The second-order valence-corrected chi connectivity index (χ2v) is 6.25. The van der Waals surface area contributed by atoms with E-state index >= 15 is 0 Å². The van der Waals surface area contributed by atoms with Crippen LogP contribution in [0.4, 0.5) is 0 Å². The van der Waals surface area contributed by atoms with Gasteiger partial charge in [-0.05, 0) is 52.5 Å². The number of aromatic nitrogens is 2. The van der Waals surface area contributed by atoms with Gasteiger partial charge in [-0.25, -0.2) is 0 Å². The monoisotopic (exact) mass is 295 g/mol. The Morgan fingerprint density at radius 3 is 2.80 bits per heavy atom. The molecule has 0 saturated heterocycles. The smallest absolute Gasteiger partial charge is 0.0834 e. The maximum absolute atomic E-state index is 6.39. The van der Waals surface area contributed by atoms with Crippen LogP contribution in [-0.4, -0.2) is 16.3 Å². The molecule has 1 heterocycles. The van der Waals surface area contributed by atoms with Crippen LogP contribution in [0.25, 0.3) is 0 Å². The molecule has 0 spiro atoms. The highest BCUT2D eigenvalue weighted by atomic mass is 35.5. The lowest BCUT2D eigenvalue weighted by molar-refractivity contribution is 0.442. The van der Waals surface area contributed by atoms with E-state index in [1.165, 1.54) is 25.7 Å². The van der Waals surface area contributed by atoms with Crippen molar-refractivity contribution in [2.24, 2.45) is 0 Å². The summed E-state index contributed by atoms with van der Waals surface area (Å²) in [6.07, 6.45) is 10.4. The van der Waals surface area contributed by atoms with Crippen LogP contribution >= 0.6 is 11.6 Å². The maximum atomic E-state index is 6.39. The molecule has 1 aliphatic rings. The van der Waals surface area contributed by atoms with E-state index in [0.717, 1.165) is 23.7 Å². The predicted molar refractivity (Wildman–Crippen MR) is 85.2 cm³/mol. The number of nitrogens with one attached hydrogen (secondary N) is 1. The molecule has 4 heteroatoms. The van der Waals surface area contributed by atoms with E-state index in [-0.39, 0.29) is 6.04 Å². The van der Waals surface area contributed by atoms with Gasteiger partial charge in [-0.15, -0.1) is 0 Å². The Labute approximate surface area is 127 Å². The maximum Gasteiger partial charge on any atom is 0.0834 e. The first-order chi connectivity index (χ1) is 9.63. The molecule has 0 aliphatic heterocycles. The van der Waals surface area contributed by atoms with Gasteiger partial charge in [0.25, 0.3) is 0 Å². The van der Waals surface area contributed by atoms with Gasteiger partial charge in [-0.1, -0.05) is 30.2 Å². The minimum absolute atomic E-state index is 0.266. The highest BCUT2D eigenvalue weighted by Gasteiger charge is 2.22. The standard InChI is InChI=1S/C16H26ClN3/c1-4-18-15(10-13-8-6-5-7-9-13)16-14(17)11-19-20(16)12(2)3/h8,11-12,15,18H,4-7,9-10H2,1-3H3. The summed E-state index contributed by atoms with van der Waals surface area (Å²) >= 11 is 6.39. The summed E-state index contributed by atoms with van der Waals surface area (Å²) < 4.78 is 2.05. The van der Waals surface area contributed by atoms with Crippen LogP contribution in [0.1, 0.15) is 70.7 Å². The van der Waals surface area contributed by atoms with E-state index in [9.17, 15) is 0 Å². The average molecular weight is 296 g/mol. The molecule has 112 valence electrons. The first kappa shape index (κ1) is 15.6. The van der Waals surface area contributed by atoms with Gasteiger partial charge in [0.2, 0.25) is 0 Å². The van der Waals surface area contributed by atoms with Crippen LogP contribution in [0, 0.1) is 0 Å². The minimum atomic E-state index is 0.266. The number of nitrogens with zero attached hydrogens (tertiary/aromatic N) is 2. The first-order valence-corrected chi connectivity index (χ1v) is 8.15.